The van der Waals surface area contributed by atoms with Crippen LogP contribution in [-0.2, 0) is 24.4 Å². The van der Waals surface area contributed by atoms with Crippen LogP contribution in [0.1, 0.15) is 64.2 Å². The average molecular weight is 687 g/mol. The fourth-order valence-corrected chi connectivity index (χ4v) is 8.44. The van der Waals surface area contributed by atoms with Crippen LogP contribution in [-0.4, -0.2) is 75.1 Å². The van der Waals surface area contributed by atoms with Crippen molar-refractivity contribution in [2.24, 2.45) is 5.92 Å². The first-order chi connectivity index (χ1) is 23.7. The van der Waals surface area contributed by atoms with E-state index in [4.69, 9.17) is 19.2 Å². The van der Waals surface area contributed by atoms with E-state index in [1.807, 2.05) is 36.4 Å². The lowest BCUT2D eigenvalue weighted by molar-refractivity contribution is -0.139. The molecule has 0 bridgehead atoms. The van der Waals surface area contributed by atoms with Gasteiger partial charge in [-0.25, -0.2) is 13.4 Å². The molecule has 2 aliphatic carbocycles. The highest BCUT2D eigenvalue weighted by Crippen LogP contribution is 2.46. The fraction of sp³-hybridized carbons (Fsp3) is 0.457. The van der Waals surface area contributed by atoms with Gasteiger partial charge in [-0.05, 0) is 62.8 Å². The minimum absolute atomic E-state index is 0.149. The Bertz CT molecular complexity index is 2070. The molecule has 4 aliphatic rings. The van der Waals surface area contributed by atoms with E-state index in [1.165, 1.54) is 0 Å². The number of furan rings is 1. The number of rotatable bonds is 6. The summed E-state index contributed by atoms with van der Waals surface area (Å²) in [6, 6.07) is 12.0. The highest BCUT2D eigenvalue weighted by molar-refractivity contribution is 7.91. The molecule has 2 N–H and O–H groups in total. The van der Waals surface area contributed by atoms with Crippen molar-refractivity contribution in [1.29, 1.82) is 0 Å². The Balaban J connectivity index is 1.10. The minimum Gasteiger partial charge on any atom is -0.472 e. The summed E-state index contributed by atoms with van der Waals surface area (Å²) >= 11 is 0. The number of carbonyl (C=O) groups is 3. The molecule has 49 heavy (non-hydrogen) atoms. The summed E-state index contributed by atoms with van der Waals surface area (Å²) in [5, 5.41) is 7.89. The van der Waals surface area contributed by atoms with Crippen LogP contribution in [0.5, 0.6) is 5.88 Å². The number of carbonyl (C=O) groups excluding carboxylic acids is 3. The number of nitrogens with one attached hydrogen (secondary N) is 2. The normalized spacial score (nSPS) is 27.1. The second kappa shape index (κ2) is 12.3. The number of hydrogen-bond donors (Lipinski definition) is 2. The van der Waals surface area contributed by atoms with Crippen LogP contribution in [0.2, 0.25) is 0 Å². The van der Waals surface area contributed by atoms with Crippen LogP contribution >= 0.6 is 0 Å². The van der Waals surface area contributed by atoms with Gasteiger partial charge in [0.05, 0.1) is 23.6 Å². The highest BCUT2D eigenvalue weighted by Gasteiger charge is 2.62. The molecule has 256 valence electrons. The van der Waals surface area contributed by atoms with Crippen molar-refractivity contribution in [3.8, 4) is 17.3 Å². The predicted octanol–water partition coefficient (Wildman–Crippen LogP) is 3.88. The standard InChI is InChI=1S/C35H38N6O7S/c42-30-14-6-4-2-1-3-5-10-22-20-35(22,34(44)39-49(45,46)24-15-16-24)37-33(43)28-18-23(21-40(28)30)48-31-19-27(29-13-9-17-47-29)36-32-25-11-7-8-12-26(25)38-41(31)32/h5,7-13,17,19,22-24,28H,1-4,6,14-16,18,20-21H2,(H,37,43)(H,39,44)/b10-5-/t22-,23+,28-,35+/m0/s1. The van der Waals surface area contributed by atoms with Gasteiger partial charge in [0.2, 0.25) is 27.7 Å². The molecule has 0 unspecified atom stereocenters. The molecule has 1 aromatic carbocycles. The molecule has 5 heterocycles. The van der Waals surface area contributed by atoms with Crippen LogP contribution < -0.4 is 14.8 Å². The molecule has 3 aromatic heterocycles. The summed E-state index contributed by atoms with van der Waals surface area (Å²) in [6.07, 6.45) is 10.9. The Kier molecular flexibility index (Phi) is 7.92. The number of amides is 3. The zero-order valence-electron chi connectivity index (χ0n) is 26.9. The predicted molar refractivity (Wildman–Crippen MR) is 179 cm³/mol. The van der Waals surface area contributed by atoms with Gasteiger partial charge in [0, 0.05) is 30.2 Å². The van der Waals surface area contributed by atoms with Crippen molar-refractivity contribution in [3.63, 3.8) is 0 Å². The van der Waals surface area contributed by atoms with Gasteiger partial charge in [0.15, 0.2) is 11.4 Å². The first kappa shape index (κ1) is 31.5. The van der Waals surface area contributed by atoms with E-state index in [2.05, 4.69) is 10.0 Å². The molecule has 4 aromatic rings. The molecule has 1 saturated heterocycles. The molecule has 8 rings (SSSR count). The molecule has 2 saturated carbocycles. The second-order valence-corrected chi connectivity index (χ2v) is 15.5. The summed E-state index contributed by atoms with van der Waals surface area (Å²) in [4.78, 5) is 47.7. The molecular weight excluding hydrogens is 648 g/mol. The zero-order chi connectivity index (χ0) is 33.8. The number of benzene rings is 1. The first-order valence-corrected chi connectivity index (χ1v) is 18.6. The zero-order valence-corrected chi connectivity index (χ0v) is 27.7. The lowest BCUT2D eigenvalue weighted by Crippen LogP contribution is -2.56. The van der Waals surface area contributed by atoms with Crippen LogP contribution in [0, 0.1) is 5.92 Å². The van der Waals surface area contributed by atoms with Gasteiger partial charge in [-0.2, -0.15) is 9.61 Å². The van der Waals surface area contributed by atoms with Crippen LogP contribution in [0.15, 0.2) is 65.3 Å². The Morgan fingerprint density at radius 2 is 1.92 bits per heavy atom. The molecule has 14 heteroatoms. The maximum Gasteiger partial charge on any atom is 0.259 e. The van der Waals surface area contributed by atoms with Gasteiger partial charge in [-0.3, -0.25) is 19.1 Å². The molecule has 4 atom stereocenters. The third-order valence-electron chi connectivity index (χ3n) is 10.0. The highest BCUT2D eigenvalue weighted by atomic mass is 32.2. The molecule has 2 aliphatic heterocycles. The van der Waals surface area contributed by atoms with Crippen LogP contribution in [0.4, 0.5) is 0 Å². The number of hydrogen-bond acceptors (Lipinski definition) is 9. The van der Waals surface area contributed by atoms with E-state index in [9.17, 15) is 22.8 Å². The SMILES string of the molecule is O=C1N[C@]2(C(=O)NS(=O)(=O)C3CC3)C[C@@H]2/C=C\CCCCCCC(=O)N2C[C@H](Oc3cc(-c4ccco4)nc4c5ccccc5nn34)C[C@@H]12. The topological polar surface area (TPSA) is 165 Å². The number of allylic oxidation sites excluding steroid dienone is 1. The van der Waals surface area contributed by atoms with E-state index in [1.54, 1.807) is 33.9 Å². The Labute approximate surface area is 283 Å². The van der Waals surface area contributed by atoms with Gasteiger partial charge >= 0.3 is 0 Å². The smallest absolute Gasteiger partial charge is 0.259 e. The van der Waals surface area contributed by atoms with E-state index in [-0.39, 0.29) is 37.6 Å². The third-order valence-corrected chi connectivity index (χ3v) is 11.9. The monoisotopic (exact) mass is 686 g/mol. The number of nitrogens with zero attached hydrogens (tertiary/aromatic N) is 4. The third kappa shape index (κ3) is 6.06. The van der Waals surface area contributed by atoms with Gasteiger partial charge in [0.1, 0.15) is 23.4 Å². The fourth-order valence-electron chi connectivity index (χ4n) is 7.08. The molecule has 3 amide bonds. The Morgan fingerprint density at radius 1 is 1.08 bits per heavy atom. The van der Waals surface area contributed by atoms with Crippen molar-refractivity contribution < 1.29 is 32.0 Å². The minimum atomic E-state index is -3.83. The van der Waals surface area contributed by atoms with Crippen molar-refractivity contribution in [1.82, 2.24) is 29.5 Å². The number of ether oxygens (including phenoxy) is 1. The van der Waals surface area contributed by atoms with Crippen LogP contribution in [0.25, 0.3) is 28.0 Å². The van der Waals surface area contributed by atoms with Crippen molar-refractivity contribution in [2.45, 2.75) is 87.1 Å². The van der Waals surface area contributed by atoms with E-state index < -0.39 is 44.8 Å². The lowest BCUT2D eigenvalue weighted by atomic mass is 10.1. The molecule has 0 spiro atoms. The van der Waals surface area contributed by atoms with Gasteiger partial charge < -0.3 is 19.4 Å². The van der Waals surface area contributed by atoms with Crippen LogP contribution in [0.3, 0.4) is 0 Å². The molecule has 0 radical (unpaired) electrons. The maximum atomic E-state index is 14.1. The maximum absolute atomic E-state index is 14.1. The molecular formula is C35H38N6O7S. The largest absolute Gasteiger partial charge is 0.472 e. The molecule has 3 fully saturated rings. The van der Waals surface area contributed by atoms with Crippen molar-refractivity contribution >= 4 is 44.3 Å². The number of sulfonamides is 1. The Morgan fingerprint density at radius 3 is 2.73 bits per heavy atom. The molecule has 13 nitrogen and oxygen atoms in total. The number of fused-ring (bicyclic) bond motifs is 5. The van der Waals surface area contributed by atoms with E-state index in [0.29, 0.717) is 42.2 Å². The quantitative estimate of drug-likeness (QED) is 0.286. The van der Waals surface area contributed by atoms with Gasteiger partial charge in [0.25, 0.3) is 5.91 Å². The van der Waals surface area contributed by atoms with Crippen molar-refractivity contribution in [2.75, 3.05) is 6.54 Å². The van der Waals surface area contributed by atoms with Gasteiger partial charge in [-0.1, -0.05) is 37.1 Å². The summed E-state index contributed by atoms with van der Waals surface area (Å²) in [7, 11) is -3.83. The lowest BCUT2D eigenvalue weighted by Gasteiger charge is -2.26. The number of aromatic nitrogens is 3. The summed E-state index contributed by atoms with van der Waals surface area (Å²) < 4.78 is 41.6. The Hall–Kier alpha value is -4.72. The average Bonchev–Trinajstić information content (AvgIpc) is 3.87. The second-order valence-electron chi connectivity index (χ2n) is 13.6. The first-order valence-electron chi connectivity index (χ1n) is 17.1. The van der Waals surface area contributed by atoms with E-state index in [0.717, 1.165) is 36.6 Å². The van der Waals surface area contributed by atoms with Crippen molar-refractivity contribution in [3.05, 3.63) is 60.9 Å². The summed E-state index contributed by atoms with van der Waals surface area (Å²) in [5.74, 6) is -0.834. The summed E-state index contributed by atoms with van der Waals surface area (Å²) in [6.45, 7) is 0.149. The van der Waals surface area contributed by atoms with Gasteiger partial charge in [-0.15, -0.1) is 0 Å². The van der Waals surface area contributed by atoms with E-state index >= 15 is 0 Å². The summed E-state index contributed by atoms with van der Waals surface area (Å²) in [5.41, 5.74) is 0.434.